The molecule has 0 spiro atoms. The number of carbonyl (C=O) groups excluding carboxylic acids is 1. The Labute approximate surface area is 222 Å². The van der Waals surface area contributed by atoms with Crippen molar-refractivity contribution in [2.45, 2.75) is 34.0 Å². The molecule has 1 aliphatic rings. The molecular weight excluding hydrogens is 488 g/mol. The van der Waals surface area contributed by atoms with Gasteiger partial charge < -0.3 is 9.64 Å². The van der Waals surface area contributed by atoms with E-state index < -0.39 is 0 Å². The molecule has 0 unspecified atom stereocenters. The summed E-state index contributed by atoms with van der Waals surface area (Å²) in [5, 5.41) is 9.90. The second-order valence-electron chi connectivity index (χ2n) is 9.39. The summed E-state index contributed by atoms with van der Waals surface area (Å²) in [5.41, 5.74) is 5.89. The third-order valence-electron chi connectivity index (χ3n) is 6.84. The van der Waals surface area contributed by atoms with Crippen LogP contribution in [0.1, 0.15) is 33.0 Å². The molecule has 1 fully saturated rings. The number of ether oxygens (including phenoxy) is 1. The lowest BCUT2D eigenvalue weighted by molar-refractivity contribution is 0.0620. The highest BCUT2D eigenvalue weighted by Crippen LogP contribution is 2.22. The first-order chi connectivity index (χ1) is 17.9. The largest absolute Gasteiger partial charge is 0.471 e. The maximum Gasteiger partial charge on any atom is 0.274 e. The summed E-state index contributed by atoms with van der Waals surface area (Å²) in [4.78, 5) is 17.3. The van der Waals surface area contributed by atoms with Gasteiger partial charge in [-0.15, -0.1) is 0 Å². The molecule has 0 bridgehead atoms. The average Bonchev–Trinajstić information content (AvgIpc) is 3.50. The molecule has 5 rings (SSSR count). The zero-order valence-corrected chi connectivity index (χ0v) is 22.1. The van der Waals surface area contributed by atoms with Crippen LogP contribution in [0.2, 0.25) is 5.02 Å². The summed E-state index contributed by atoms with van der Waals surface area (Å²) in [6.45, 7) is 10.1. The zero-order valence-electron chi connectivity index (χ0n) is 21.4. The third-order valence-corrected chi connectivity index (χ3v) is 7.26. The number of hydrogen-bond acceptors (Lipinski definition) is 5. The van der Waals surface area contributed by atoms with Crippen molar-refractivity contribution in [2.75, 3.05) is 26.2 Å². The number of halogens is 1. The lowest BCUT2D eigenvalue weighted by atomic mass is 10.1. The number of aryl methyl sites for hydroxylation is 2. The van der Waals surface area contributed by atoms with E-state index in [0.717, 1.165) is 42.3 Å². The van der Waals surface area contributed by atoms with Crippen molar-refractivity contribution in [3.63, 3.8) is 0 Å². The van der Waals surface area contributed by atoms with Crippen LogP contribution in [-0.4, -0.2) is 61.4 Å². The molecule has 8 nitrogen and oxygen atoms in total. The van der Waals surface area contributed by atoms with Gasteiger partial charge in [0, 0.05) is 55.2 Å². The van der Waals surface area contributed by atoms with Crippen LogP contribution in [0, 0.1) is 20.8 Å². The Kier molecular flexibility index (Phi) is 7.30. The van der Waals surface area contributed by atoms with E-state index in [9.17, 15) is 4.79 Å². The smallest absolute Gasteiger partial charge is 0.274 e. The highest BCUT2D eigenvalue weighted by atomic mass is 35.5. The SMILES string of the molecule is Cc1cc(OCn2ccc(C(=O)N3CCN(Cc4c(C)nn(-c5ccccc5)c4C)CC3)n2)ccc1Cl. The van der Waals surface area contributed by atoms with Crippen molar-refractivity contribution in [3.8, 4) is 11.4 Å². The van der Waals surface area contributed by atoms with Gasteiger partial charge in [0.25, 0.3) is 5.91 Å². The van der Waals surface area contributed by atoms with E-state index in [1.165, 1.54) is 5.56 Å². The van der Waals surface area contributed by atoms with Crippen molar-refractivity contribution in [1.82, 2.24) is 29.4 Å². The third kappa shape index (κ3) is 5.55. The Balaban J connectivity index is 1.15. The quantitative estimate of drug-likeness (QED) is 0.356. The highest BCUT2D eigenvalue weighted by molar-refractivity contribution is 6.31. The molecule has 2 aromatic carbocycles. The molecule has 37 heavy (non-hydrogen) atoms. The number of nitrogens with zero attached hydrogens (tertiary/aromatic N) is 6. The Morgan fingerprint density at radius 1 is 0.973 bits per heavy atom. The van der Waals surface area contributed by atoms with Gasteiger partial charge in [-0.1, -0.05) is 29.8 Å². The first kappa shape index (κ1) is 25.0. The second kappa shape index (κ2) is 10.8. The van der Waals surface area contributed by atoms with Crippen LogP contribution >= 0.6 is 11.6 Å². The Hall–Kier alpha value is -3.62. The maximum absolute atomic E-state index is 13.1. The molecule has 0 atom stereocenters. The first-order valence-corrected chi connectivity index (χ1v) is 12.8. The fourth-order valence-electron chi connectivity index (χ4n) is 4.61. The molecule has 192 valence electrons. The van der Waals surface area contributed by atoms with E-state index in [1.54, 1.807) is 16.9 Å². The van der Waals surface area contributed by atoms with Gasteiger partial charge >= 0.3 is 0 Å². The highest BCUT2D eigenvalue weighted by Gasteiger charge is 2.25. The number of rotatable bonds is 7. The van der Waals surface area contributed by atoms with Gasteiger partial charge in [0.2, 0.25) is 0 Å². The summed E-state index contributed by atoms with van der Waals surface area (Å²) < 4.78 is 9.43. The predicted molar refractivity (Wildman–Crippen MR) is 143 cm³/mol. The van der Waals surface area contributed by atoms with E-state index in [4.69, 9.17) is 21.4 Å². The minimum Gasteiger partial charge on any atom is -0.471 e. The molecule has 0 aliphatic carbocycles. The number of para-hydroxylation sites is 1. The standard InChI is InChI=1S/C28H31ClN6O2/c1-20-17-24(9-10-26(20)29)37-19-34-12-11-27(31-34)28(36)33-15-13-32(14-16-33)18-25-21(2)30-35(22(25)3)23-7-5-4-6-8-23/h4-12,17H,13-16,18-19H2,1-3H3. The summed E-state index contributed by atoms with van der Waals surface area (Å²) in [5.74, 6) is 0.658. The molecule has 0 saturated carbocycles. The molecule has 1 saturated heterocycles. The molecule has 3 heterocycles. The van der Waals surface area contributed by atoms with Crippen LogP contribution < -0.4 is 4.74 Å². The van der Waals surface area contributed by atoms with Gasteiger partial charge in [-0.3, -0.25) is 9.69 Å². The van der Waals surface area contributed by atoms with Crippen molar-refractivity contribution in [3.05, 3.63) is 94.0 Å². The minimum absolute atomic E-state index is 0.0509. The van der Waals surface area contributed by atoms with Crippen molar-refractivity contribution < 1.29 is 9.53 Å². The number of amides is 1. The van der Waals surface area contributed by atoms with Gasteiger partial charge in [0.1, 0.15) is 5.75 Å². The fourth-order valence-corrected chi connectivity index (χ4v) is 4.73. The van der Waals surface area contributed by atoms with Crippen molar-refractivity contribution in [2.24, 2.45) is 0 Å². The van der Waals surface area contributed by atoms with Crippen LogP contribution in [0.3, 0.4) is 0 Å². The summed E-state index contributed by atoms with van der Waals surface area (Å²) in [6.07, 6.45) is 1.77. The van der Waals surface area contributed by atoms with Crippen LogP contribution in [0.5, 0.6) is 5.75 Å². The van der Waals surface area contributed by atoms with E-state index >= 15 is 0 Å². The number of aromatic nitrogens is 4. The minimum atomic E-state index is -0.0509. The molecule has 2 aromatic heterocycles. The van der Waals surface area contributed by atoms with Crippen molar-refractivity contribution >= 4 is 17.5 Å². The Morgan fingerprint density at radius 3 is 2.46 bits per heavy atom. The molecule has 1 amide bonds. The van der Waals surface area contributed by atoms with Gasteiger partial charge in [0.05, 0.1) is 11.4 Å². The number of piperazine rings is 1. The number of benzene rings is 2. The number of carbonyl (C=O) groups is 1. The number of hydrogen-bond donors (Lipinski definition) is 0. The molecule has 0 N–H and O–H groups in total. The molecule has 9 heteroatoms. The van der Waals surface area contributed by atoms with Gasteiger partial charge in [-0.05, 0) is 62.7 Å². The topological polar surface area (TPSA) is 68.4 Å². The lowest BCUT2D eigenvalue weighted by Gasteiger charge is -2.34. The van der Waals surface area contributed by atoms with E-state index in [2.05, 4.69) is 36.0 Å². The van der Waals surface area contributed by atoms with E-state index in [1.807, 2.05) is 52.9 Å². The van der Waals surface area contributed by atoms with Gasteiger partial charge in [-0.25, -0.2) is 9.36 Å². The fraction of sp³-hybridized carbons (Fsp3) is 0.321. The van der Waals surface area contributed by atoms with Crippen LogP contribution in [0.4, 0.5) is 0 Å². The second-order valence-corrected chi connectivity index (χ2v) is 9.80. The first-order valence-electron chi connectivity index (χ1n) is 12.4. The van der Waals surface area contributed by atoms with Crippen LogP contribution in [0.15, 0.2) is 60.8 Å². The van der Waals surface area contributed by atoms with E-state index in [0.29, 0.717) is 29.6 Å². The maximum atomic E-state index is 13.1. The molecule has 1 aliphatic heterocycles. The van der Waals surface area contributed by atoms with Crippen molar-refractivity contribution in [1.29, 1.82) is 0 Å². The predicted octanol–water partition coefficient (Wildman–Crippen LogP) is 4.64. The normalized spacial score (nSPS) is 14.2. The zero-order chi connectivity index (χ0) is 25.9. The van der Waals surface area contributed by atoms with Crippen LogP contribution in [0.25, 0.3) is 5.69 Å². The monoisotopic (exact) mass is 518 g/mol. The molecule has 4 aromatic rings. The summed E-state index contributed by atoms with van der Waals surface area (Å²) >= 11 is 6.08. The Bertz CT molecular complexity index is 1390. The van der Waals surface area contributed by atoms with Gasteiger partial charge in [-0.2, -0.15) is 10.2 Å². The Morgan fingerprint density at radius 2 is 1.73 bits per heavy atom. The van der Waals surface area contributed by atoms with Gasteiger partial charge in [0.15, 0.2) is 12.4 Å². The molecular formula is C28H31ClN6O2. The average molecular weight is 519 g/mol. The molecule has 0 radical (unpaired) electrons. The summed E-state index contributed by atoms with van der Waals surface area (Å²) in [6, 6.07) is 17.5. The van der Waals surface area contributed by atoms with E-state index in [-0.39, 0.29) is 12.6 Å². The van der Waals surface area contributed by atoms with Crippen LogP contribution in [-0.2, 0) is 13.3 Å². The lowest BCUT2D eigenvalue weighted by Crippen LogP contribution is -2.48. The summed E-state index contributed by atoms with van der Waals surface area (Å²) in [7, 11) is 0.